The van der Waals surface area contributed by atoms with E-state index in [4.69, 9.17) is 10.5 Å². The van der Waals surface area contributed by atoms with E-state index in [2.05, 4.69) is 10.2 Å². The van der Waals surface area contributed by atoms with Crippen molar-refractivity contribution in [2.45, 2.75) is 25.0 Å². The van der Waals surface area contributed by atoms with E-state index < -0.39 is 0 Å². The van der Waals surface area contributed by atoms with Crippen molar-refractivity contribution in [1.82, 2.24) is 10.2 Å². The number of nitrogens with two attached hydrogens (primary N) is 1. The lowest BCUT2D eigenvalue weighted by Crippen LogP contribution is -2.55. The molecular formula is C10H21N3O. The number of nitrogens with one attached hydrogen (secondary N) is 1. The Morgan fingerprint density at radius 1 is 1.43 bits per heavy atom. The van der Waals surface area contributed by atoms with Crippen molar-refractivity contribution >= 4 is 0 Å². The van der Waals surface area contributed by atoms with Crippen LogP contribution in [0.15, 0.2) is 0 Å². The Morgan fingerprint density at radius 3 is 2.79 bits per heavy atom. The van der Waals surface area contributed by atoms with Crippen LogP contribution in [0.3, 0.4) is 0 Å². The lowest BCUT2D eigenvalue weighted by Gasteiger charge is -2.37. The van der Waals surface area contributed by atoms with Gasteiger partial charge in [-0.3, -0.25) is 4.90 Å². The zero-order chi connectivity index (χ0) is 9.80. The fourth-order valence-corrected chi connectivity index (χ4v) is 2.46. The zero-order valence-corrected chi connectivity index (χ0v) is 8.74. The minimum Gasteiger partial charge on any atom is -0.377 e. The highest BCUT2D eigenvalue weighted by atomic mass is 16.5. The van der Waals surface area contributed by atoms with Crippen LogP contribution < -0.4 is 11.1 Å². The van der Waals surface area contributed by atoms with Crippen LogP contribution in [0.2, 0.25) is 0 Å². The first-order chi connectivity index (χ1) is 6.92. The van der Waals surface area contributed by atoms with Crippen molar-refractivity contribution in [3.05, 3.63) is 0 Å². The number of hydrogen-bond donors (Lipinski definition) is 2. The van der Waals surface area contributed by atoms with Crippen LogP contribution in [-0.4, -0.2) is 56.4 Å². The highest BCUT2D eigenvalue weighted by molar-refractivity contribution is 4.85. The van der Waals surface area contributed by atoms with Crippen LogP contribution in [0, 0.1) is 0 Å². The predicted octanol–water partition coefficient (Wildman–Crippen LogP) is -0.602. The molecule has 3 N–H and O–H groups in total. The summed E-state index contributed by atoms with van der Waals surface area (Å²) in [6.45, 7) is 6.05. The van der Waals surface area contributed by atoms with Gasteiger partial charge in [0, 0.05) is 45.4 Å². The first-order valence-electron chi connectivity index (χ1n) is 5.68. The summed E-state index contributed by atoms with van der Waals surface area (Å²) in [5.74, 6) is 0. The third-order valence-corrected chi connectivity index (χ3v) is 3.26. The second-order valence-electron chi connectivity index (χ2n) is 4.14. The summed E-state index contributed by atoms with van der Waals surface area (Å²) in [6.07, 6.45) is 2.78. The summed E-state index contributed by atoms with van der Waals surface area (Å²) >= 11 is 0. The molecule has 2 saturated heterocycles. The largest absolute Gasteiger partial charge is 0.377 e. The highest BCUT2D eigenvalue weighted by Gasteiger charge is 2.30. The summed E-state index contributed by atoms with van der Waals surface area (Å²) in [6, 6.07) is 0.444. The Bertz CT molecular complexity index is 165. The van der Waals surface area contributed by atoms with Gasteiger partial charge >= 0.3 is 0 Å². The molecule has 2 unspecified atom stereocenters. The molecule has 2 rings (SSSR count). The van der Waals surface area contributed by atoms with Gasteiger partial charge in [-0.2, -0.15) is 0 Å². The molecule has 2 aliphatic heterocycles. The van der Waals surface area contributed by atoms with E-state index in [0.29, 0.717) is 12.1 Å². The molecule has 0 saturated carbocycles. The van der Waals surface area contributed by atoms with Crippen molar-refractivity contribution in [2.75, 3.05) is 39.3 Å². The first-order valence-corrected chi connectivity index (χ1v) is 5.68. The van der Waals surface area contributed by atoms with Gasteiger partial charge in [-0.15, -0.1) is 0 Å². The Morgan fingerprint density at radius 2 is 2.21 bits per heavy atom. The summed E-state index contributed by atoms with van der Waals surface area (Å²) in [7, 11) is 0. The van der Waals surface area contributed by atoms with E-state index in [9.17, 15) is 0 Å². The summed E-state index contributed by atoms with van der Waals surface area (Å²) < 4.78 is 5.72. The molecule has 0 spiro atoms. The van der Waals surface area contributed by atoms with Crippen molar-refractivity contribution in [2.24, 2.45) is 5.73 Å². The lowest BCUT2D eigenvalue weighted by atomic mass is 10.1. The molecule has 0 aromatic heterocycles. The molecule has 0 aliphatic carbocycles. The summed E-state index contributed by atoms with van der Waals surface area (Å²) in [5, 5.41) is 3.36. The summed E-state index contributed by atoms with van der Waals surface area (Å²) in [5.41, 5.74) is 5.84. The third-order valence-electron chi connectivity index (χ3n) is 3.26. The predicted molar refractivity (Wildman–Crippen MR) is 56.3 cm³/mol. The Kier molecular flexibility index (Phi) is 3.75. The van der Waals surface area contributed by atoms with E-state index in [1.54, 1.807) is 0 Å². The third kappa shape index (κ3) is 2.25. The van der Waals surface area contributed by atoms with E-state index in [1.165, 1.54) is 12.8 Å². The number of piperazine rings is 1. The van der Waals surface area contributed by atoms with Gasteiger partial charge in [0.05, 0.1) is 6.10 Å². The van der Waals surface area contributed by atoms with Crippen molar-refractivity contribution in [3.8, 4) is 0 Å². The topological polar surface area (TPSA) is 50.5 Å². The van der Waals surface area contributed by atoms with Crippen LogP contribution in [-0.2, 0) is 4.74 Å². The van der Waals surface area contributed by atoms with Crippen LogP contribution in [0.25, 0.3) is 0 Å². The molecular weight excluding hydrogens is 178 g/mol. The van der Waals surface area contributed by atoms with E-state index in [0.717, 1.165) is 39.3 Å². The van der Waals surface area contributed by atoms with E-state index in [-0.39, 0.29) is 0 Å². The molecule has 0 aromatic rings. The SMILES string of the molecule is NCC(C1CCCO1)N1CCNCC1. The van der Waals surface area contributed by atoms with Gasteiger partial charge < -0.3 is 15.8 Å². The number of ether oxygens (including phenoxy) is 1. The van der Waals surface area contributed by atoms with Gasteiger partial charge in [-0.05, 0) is 12.8 Å². The fraction of sp³-hybridized carbons (Fsp3) is 1.00. The molecule has 2 atom stereocenters. The zero-order valence-electron chi connectivity index (χ0n) is 8.74. The molecule has 14 heavy (non-hydrogen) atoms. The molecule has 4 nitrogen and oxygen atoms in total. The molecule has 4 heteroatoms. The van der Waals surface area contributed by atoms with Crippen LogP contribution in [0.5, 0.6) is 0 Å². The van der Waals surface area contributed by atoms with Crippen LogP contribution in [0.1, 0.15) is 12.8 Å². The second kappa shape index (κ2) is 5.07. The van der Waals surface area contributed by atoms with Crippen molar-refractivity contribution < 1.29 is 4.74 Å². The molecule has 82 valence electrons. The summed E-state index contributed by atoms with van der Waals surface area (Å²) in [4.78, 5) is 2.48. The maximum absolute atomic E-state index is 5.84. The number of nitrogens with zero attached hydrogens (tertiary/aromatic N) is 1. The fourth-order valence-electron chi connectivity index (χ4n) is 2.46. The smallest absolute Gasteiger partial charge is 0.0743 e. The minimum absolute atomic E-state index is 0.387. The van der Waals surface area contributed by atoms with E-state index >= 15 is 0 Å². The quantitative estimate of drug-likeness (QED) is 0.637. The van der Waals surface area contributed by atoms with Gasteiger partial charge in [0.15, 0.2) is 0 Å². The maximum atomic E-state index is 5.84. The molecule has 2 aliphatic rings. The monoisotopic (exact) mass is 199 g/mol. The average molecular weight is 199 g/mol. The Hall–Kier alpha value is -0.160. The highest BCUT2D eigenvalue weighted by Crippen LogP contribution is 2.19. The van der Waals surface area contributed by atoms with Gasteiger partial charge in [0.25, 0.3) is 0 Å². The first kappa shape index (κ1) is 10.4. The Labute approximate surface area is 85.8 Å². The minimum atomic E-state index is 0.387. The van der Waals surface area contributed by atoms with Crippen LogP contribution in [0.4, 0.5) is 0 Å². The van der Waals surface area contributed by atoms with Gasteiger partial charge in [0.1, 0.15) is 0 Å². The molecule has 0 amide bonds. The maximum Gasteiger partial charge on any atom is 0.0743 e. The Balaban J connectivity index is 1.89. The van der Waals surface area contributed by atoms with Crippen molar-refractivity contribution in [1.29, 1.82) is 0 Å². The van der Waals surface area contributed by atoms with Crippen molar-refractivity contribution in [3.63, 3.8) is 0 Å². The lowest BCUT2D eigenvalue weighted by molar-refractivity contribution is 0.0226. The van der Waals surface area contributed by atoms with Gasteiger partial charge in [-0.1, -0.05) is 0 Å². The number of hydrogen-bond acceptors (Lipinski definition) is 4. The molecule has 2 fully saturated rings. The normalized spacial score (nSPS) is 31.9. The van der Waals surface area contributed by atoms with E-state index in [1.807, 2.05) is 0 Å². The standard InChI is InChI=1S/C10H21N3O/c11-8-9(10-2-1-7-14-10)13-5-3-12-4-6-13/h9-10,12H,1-8,11H2. The van der Waals surface area contributed by atoms with Crippen LogP contribution >= 0.6 is 0 Å². The second-order valence-corrected chi connectivity index (χ2v) is 4.14. The molecule has 0 bridgehead atoms. The molecule has 0 aromatic carbocycles. The molecule has 2 heterocycles. The van der Waals surface area contributed by atoms with Gasteiger partial charge in [-0.25, -0.2) is 0 Å². The average Bonchev–Trinajstić information content (AvgIpc) is 2.74. The molecule has 0 radical (unpaired) electrons. The van der Waals surface area contributed by atoms with Gasteiger partial charge in [0.2, 0.25) is 0 Å². The number of rotatable bonds is 3.